The van der Waals surface area contributed by atoms with Crippen molar-refractivity contribution >= 4 is 17.5 Å². The molecule has 0 heterocycles. The summed E-state index contributed by atoms with van der Waals surface area (Å²) < 4.78 is 5.46. The van der Waals surface area contributed by atoms with Crippen LogP contribution in [0, 0.1) is 13.8 Å². The van der Waals surface area contributed by atoms with Gasteiger partial charge in [-0.2, -0.15) is 0 Å². The predicted molar refractivity (Wildman–Crippen MR) is 89.6 cm³/mol. The van der Waals surface area contributed by atoms with E-state index in [1.807, 2.05) is 31.2 Å². The Hall–Kier alpha value is -2.00. The summed E-state index contributed by atoms with van der Waals surface area (Å²) >= 11 is 6.02. The van der Waals surface area contributed by atoms with Crippen molar-refractivity contribution in [2.24, 2.45) is 0 Å². The molecular weight excluding hydrogens is 298 g/mol. The molecule has 1 N–H and O–H groups in total. The lowest BCUT2D eigenvalue weighted by atomic mass is 10.1. The van der Waals surface area contributed by atoms with E-state index in [4.69, 9.17) is 16.3 Å². The monoisotopic (exact) mass is 317 g/mol. The fraction of sp³-hybridized carbons (Fsp3) is 0.278. The molecule has 0 aliphatic rings. The summed E-state index contributed by atoms with van der Waals surface area (Å²) in [5, 5.41) is 3.37. The zero-order valence-corrected chi connectivity index (χ0v) is 13.6. The fourth-order valence-corrected chi connectivity index (χ4v) is 2.31. The molecule has 2 rings (SSSR count). The number of rotatable bonds is 6. The lowest BCUT2D eigenvalue weighted by Crippen LogP contribution is -2.30. The highest BCUT2D eigenvalue weighted by atomic mass is 35.5. The van der Waals surface area contributed by atoms with Gasteiger partial charge in [-0.1, -0.05) is 41.9 Å². The van der Waals surface area contributed by atoms with Crippen molar-refractivity contribution in [3.63, 3.8) is 0 Å². The van der Waals surface area contributed by atoms with E-state index in [1.165, 1.54) is 11.1 Å². The van der Waals surface area contributed by atoms with Gasteiger partial charge in [0.15, 0.2) is 6.61 Å². The summed E-state index contributed by atoms with van der Waals surface area (Å²) in [5.41, 5.74) is 3.52. The number of carbonyl (C=O) groups is 1. The third-order valence-corrected chi connectivity index (χ3v) is 3.74. The van der Waals surface area contributed by atoms with Crippen LogP contribution in [0.1, 0.15) is 16.7 Å². The molecule has 0 aliphatic heterocycles. The van der Waals surface area contributed by atoms with E-state index in [2.05, 4.69) is 24.4 Å². The fourth-order valence-electron chi connectivity index (χ4n) is 2.14. The average Bonchev–Trinajstić information content (AvgIpc) is 2.50. The largest absolute Gasteiger partial charge is 0.482 e. The van der Waals surface area contributed by atoms with Gasteiger partial charge < -0.3 is 10.1 Å². The van der Waals surface area contributed by atoms with Gasteiger partial charge >= 0.3 is 0 Å². The van der Waals surface area contributed by atoms with E-state index in [0.29, 0.717) is 17.3 Å². The Morgan fingerprint density at radius 2 is 1.95 bits per heavy atom. The van der Waals surface area contributed by atoms with Crippen LogP contribution in [0.15, 0.2) is 42.5 Å². The summed E-state index contributed by atoms with van der Waals surface area (Å²) in [6.45, 7) is 4.58. The van der Waals surface area contributed by atoms with E-state index in [-0.39, 0.29) is 12.5 Å². The molecule has 0 atom stereocenters. The van der Waals surface area contributed by atoms with Crippen LogP contribution in [-0.2, 0) is 11.2 Å². The number of aryl methyl sites for hydroxylation is 2. The maximum absolute atomic E-state index is 11.8. The molecule has 3 nitrogen and oxygen atoms in total. The first-order valence-electron chi connectivity index (χ1n) is 7.26. The van der Waals surface area contributed by atoms with Crippen molar-refractivity contribution in [3.05, 3.63) is 64.2 Å². The van der Waals surface area contributed by atoms with Gasteiger partial charge in [0.1, 0.15) is 5.75 Å². The van der Waals surface area contributed by atoms with Crippen LogP contribution < -0.4 is 10.1 Å². The summed E-state index contributed by atoms with van der Waals surface area (Å²) in [4.78, 5) is 11.8. The SMILES string of the molecule is Cc1ccc(Cl)c(OCC(=O)NCCc2ccccc2C)c1. The van der Waals surface area contributed by atoms with E-state index in [9.17, 15) is 4.79 Å². The quantitative estimate of drug-likeness (QED) is 0.882. The predicted octanol–water partition coefficient (Wildman–Crippen LogP) is 3.69. The number of amides is 1. The Kier molecular flexibility index (Phi) is 5.84. The second kappa shape index (κ2) is 7.85. The van der Waals surface area contributed by atoms with Crippen LogP contribution in [0.25, 0.3) is 0 Å². The molecule has 0 radical (unpaired) electrons. The van der Waals surface area contributed by atoms with Crippen LogP contribution in [0.2, 0.25) is 5.02 Å². The Bertz CT molecular complexity index is 655. The number of nitrogens with one attached hydrogen (secondary N) is 1. The van der Waals surface area contributed by atoms with Gasteiger partial charge in [-0.25, -0.2) is 0 Å². The number of ether oxygens (including phenoxy) is 1. The standard InChI is InChI=1S/C18H20ClNO2/c1-13-7-8-16(19)17(11-13)22-12-18(21)20-10-9-15-6-4-3-5-14(15)2/h3-8,11H,9-10,12H2,1-2H3,(H,20,21). The number of hydrogen-bond acceptors (Lipinski definition) is 2. The number of hydrogen-bond donors (Lipinski definition) is 1. The first-order valence-corrected chi connectivity index (χ1v) is 7.64. The number of carbonyl (C=O) groups excluding carboxylic acids is 1. The normalized spacial score (nSPS) is 10.3. The van der Waals surface area contributed by atoms with Gasteiger partial charge in [-0.05, 0) is 49.1 Å². The zero-order valence-electron chi connectivity index (χ0n) is 12.9. The van der Waals surface area contributed by atoms with Gasteiger partial charge in [-0.3, -0.25) is 4.79 Å². The first-order chi connectivity index (χ1) is 10.6. The van der Waals surface area contributed by atoms with Gasteiger partial charge in [0.2, 0.25) is 0 Å². The Balaban J connectivity index is 1.76. The number of benzene rings is 2. The minimum atomic E-state index is -0.147. The lowest BCUT2D eigenvalue weighted by molar-refractivity contribution is -0.123. The molecule has 0 unspecified atom stereocenters. The highest BCUT2D eigenvalue weighted by Crippen LogP contribution is 2.24. The van der Waals surface area contributed by atoms with Crippen LogP contribution in [-0.4, -0.2) is 19.1 Å². The van der Waals surface area contributed by atoms with E-state index < -0.39 is 0 Å². The van der Waals surface area contributed by atoms with E-state index >= 15 is 0 Å². The Morgan fingerprint density at radius 3 is 2.73 bits per heavy atom. The smallest absolute Gasteiger partial charge is 0.257 e. The molecule has 0 saturated carbocycles. The Labute approximate surface area is 136 Å². The van der Waals surface area contributed by atoms with Crippen molar-refractivity contribution in [1.29, 1.82) is 0 Å². The van der Waals surface area contributed by atoms with E-state index in [1.54, 1.807) is 6.07 Å². The van der Waals surface area contributed by atoms with E-state index in [0.717, 1.165) is 12.0 Å². The zero-order chi connectivity index (χ0) is 15.9. The topological polar surface area (TPSA) is 38.3 Å². The molecule has 0 bridgehead atoms. The summed E-state index contributed by atoms with van der Waals surface area (Å²) in [6.07, 6.45) is 0.809. The maximum Gasteiger partial charge on any atom is 0.257 e. The number of halogens is 1. The second-order valence-corrected chi connectivity index (χ2v) is 5.66. The third-order valence-electron chi connectivity index (χ3n) is 3.42. The molecule has 2 aromatic rings. The first kappa shape index (κ1) is 16.4. The van der Waals surface area contributed by atoms with Crippen LogP contribution in [0.4, 0.5) is 0 Å². The second-order valence-electron chi connectivity index (χ2n) is 5.25. The Morgan fingerprint density at radius 1 is 1.18 bits per heavy atom. The van der Waals surface area contributed by atoms with Crippen LogP contribution >= 0.6 is 11.6 Å². The van der Waals surface area contributed by atoms with Gasteiger partial charge in [0.25, 0.3) is 5.91 Å². The minimum absolute atomic E-state index is 0.0308. The summed E-state index contributed by atoms with van der Waals surface area (Å²) in [7, 11) is 0. The molecule has 0 saturated heterocycles. The van der Waals surface area contributed by atoms with Gasteiger partial charge in [-0.15, -0.1) is 0 Å². The molecule has 116 valence electrons. The molecular formula is C18H20ClNO2. The van der Waals surface area contributed by atoms with Crippen molar-refractivity contribution in [2.45, 2.75) is 20.3 Å². The minimum Gasteiger partial charge on any atom is -0.482 e. The maximum atomic E-state index is 11.8. The van der Waals surface area contributed by atoms with Crippen molar-refractivity contribution in [3.8, 4) is 5.75 Å². The summed E-state index contributed by atoms with van der Waals surface area (Å²) in [5.74, 6) is 0.391. The highest BCUT2D eigenvalue weighted by molar-refractivity contribution is 6.32. The average molecular weight is 318 g/mol. The summed E-state index contributed by atoms with van der Waals surface area (Å²) in [6, 6.07) is 13.6. The molecule has 0 aliphatic carbocycles. The van der Waals surface area contributed by atoms with Crippen LogP contribution in [0.5, 0.6) is 5.75 Å². The van der Waals surface area contributed by atoms with Gasteiger partial charge in [0.05, 0.1) is 5.02 Å². The van der Waals surface area contributed by atoms with Crippen LogP contribution in [0.3, 0.4) is 0 Å². The highest BCUT2D eigenvalue weighted by Gasteiger charge is 2.06. The third kappa shape index (κ3) is 4.78. The molecule has 2 aromatic carbocycles. The van der Waals surface area contributed by atoms with Crippen molar-refractivity contribution in [2.75, 3.05) is 13.2 Å². The molecule has 22 heavy (non-hydrogen) atoms. The van der Waals surface area contributed by atoms with Crippen molar-refractivity contribution < 1.29 is 9.53 Å². The lowest BCUT2D eigenvalue weighted by Gasteiger charge is -2.10. The molecule has 4 heteroatoms. The molecule has 1 amide bonds. The van der Waals surface area contributed by atoms with Gasteiger partial charge in [0, 0.05) is 6.54 Å². The molecule has 0 spiro atoms. The molecule has 0 fully saturated rings. The molecule has 0 aromatic heterocycles. The van der Waals surface area contributed by atoms with Crippen molar-refractivity contribution in [1.82, 2.24) is 5.32 Å².